The van der Waals surface area contributed by atoms with E-state index < -0.39 is 0 Å². The molecule has 1 fully saturated rings. The third-order valence-electron chi connectivity index (χ3n) is 2.64. The summed E-state index contributed by atoms with van der Waals surface area (Å²) in [5.41, 5.74) is 0.316. The summed E-state index contributed by atoms with van der Waals surface area (Å²) in [5, 5.41) is 3.38. The van der Waals surface area contributed by atoms with E-state index in [0.717, 1.165) is 12.6 Å². The highest BCUT2D eigenvalue weighted by Crippen LogP contribution is 2.17. The van der Waals surface area contributed by atoms with Crippen LogP contribution >= 0.6 is 0 Å². The van der Waals surface area contributed by atoms with Crippen molar-refractivity contribution in [1.82, 2.24) is 10.2 Å². The van der Waals surface area contributed by atoms with Gasteiger partial charge in [0.1, 0.15) is 0 Å². The van der Waals surface area contributed by atoms with Crippen LogP contribution in [0.25, 0.3) is 0 Å². The molecule has 1 N–H and O–H groups in total. The summed E-state index contributed by atoms with van der Waals surface area (Å²) in [5.74, 6) is 0. The summed E-state index contributed by atoms with van der Waals surface area (Å²) in [6, 6.07) is 0.745. The molecule has 0 aromatic rings. The molecule has 0 aliphatic carbocycles. The highest BCUT2D eigenvalue weighted by Gasteiger charge is 2.26. The Hall–Kier alpha value is -0.0800. The largest absolute Gasteiger partial charge is 0.315 e. The maximum absolute atomic E-state index is 3.38. The lowest BCUT2D eigenvalue weighted by atomic mass is 10.0. The minimum Gasteiger partial charge on any atom is -0.315 e. The summed E-state index contributed by atoms with van der Waals surface area (Å²) in [6.45, 7) is 9.15. The predicted octanol–water partition coefficient (Wildman–Crippen LogP) is 1.08. The van der Waals surface area contributed by atoms with E-state index in [1.807, 2.05) is 0 Å². The standard InChI is InChI=1S/C9H20N2/c1-9(2,3)11(4)8-5-6-10-7-8/h8,10H,5-7H2,1-4H3/t8-/m0/s1. The fraction of sp³-hybridized carbons (Fsp3) is 1.00. The van der Waals surface area contributed by atoms with Crippen LogP contribution in [0.3, 0.4) is 0 Å². The summed E-state index contributed by atoms with van der Waals surface area (Å²) in [7, 11) is 2.22. The number of rotatable bonds is 1. The molecule has 0 bridgehead atoms. The lowest BCUT2D eigenvalue weighted by molar-refractivity contribution is 0.126. The molecule has 1 rings (SSSR count). The van der Waals surface area contributed by atoms with E-state index in [9.17, 15) is 0 Å². The maximum Gasteiger partial charge on any atom is 0.0234 e. The molecular weight excluding hydrogens is 136 g/mol. The average Bonchev–Trinajstić information content (AvgIpc) is 2.34. The molecule has 0 aromatic heterocycles. The number of nitrogens with zero attached hydrogens (tertiary/aromatic N) is 1. The molecule has 1 aliphatic heterocycles. The van der Waals surface area contributed by atoms with Gasteiger partial charge in [-0.3, -0.25) is 4.90 Å². The van der Waals surface area contributed by atoms with Crippen molar-refractivity contribution in [2.24, 2.45) is 0 Å². The third kappa shape index (κ3) is 2.17. The molecule has 2 nitrogen and oxygen atoms in total. The molecule has 1 aliphatic rings. The monoisotopic (exact) mass is 156 g/mol. The van der Waals surface area contributed by atoms with E-state index in [2.05, 4.69) is 38.0 Å². The molecule has 2 heteroatoms. The molecule has 0 unspecified atom stereocenters. The fourth-order valence-corrected chi connectivity index (χ4v) is 1.52. The first-order chi connectivity index (χ1) is 5.02. The normalized spacial score (nSPS) is 26.5. The highest BCUT2D eigenvalue weighted by molar-refractivity contribution is 4.85. The Morgan fingerprint density at radius 2 is 2.00 bits per heavy atom. The van der Waals surface area contributed by atoms with Gasteiger partial charge in [-0.25, -0.2) is 0 Å². The first-order valence-corrected chi connectivity index (χ1v) is 4.45. The van der Waals surface area contributed by atoms with Crippen LogP contribution < -0.4 is 5.32 Å². The maximum atomic E-state index is 3.38. The zero-order chi connectivity index (χ0) is 8.48. The van der Waals surface area contributed by atoms with Gasteiger partial charge >= 0.3 is 0 Å². The smallest absolute Gasteiger partial charge is 0.0234 e. The van der Waals surface area contributed by atoms with Crippen LogP contribution in [0.4, 0.5) is 0 Å². The Balaban J connectivity index is 2.46. The van der Waals surface area contributed by atoms with E-state index >= 15 is 0 Å². The van der Waals surface area contributed by atoms with Gasteiger partial charge in [-0.05, 0) is 40.8 Å². The van der Waals surface area contributed by atoms with Crippen LogP contribution in [0.5, 0.6) is 0 Å². The molecule has 1 atom stereocenters. The van der Waals surface area contributed by atoms with Gasteiger partial charge in [0.2, 0.25) is 0 Å². The lowest BCUT2D eigenvalue weighted by Gasteiger charge is -2.36. The summed E-state index contributed by atoms with van der Waals surface area (Å²) in [4.78, 5) is 2.47. The number of hydrogen-bond acceptors (Lipinski definition) is 2. The van der Waals surface area contributed by atoms with Gasteiger partial charge in [-0.2, -0.15) is 0 Å². The Kier molecular flexibility index (Phi) is 2.55. The average molecular weight is 156 g/mol. The second-order valence-electron chi connectivity index (χ2n) is 4.43. The van der Waals surface area contributed by atoms with Gasteiger partial charge < -0.3 is 5.32 Å². The van der Waals surface area contributed by atoms with E-state index in [0.29, 0.717) is 5.54 Å². The van der Waals surface area contributed by atoms with Crippen LogP contribution in [0, 0.1) is 0 Å². The van der Waals surface area contributed by atoms with Crippen molar-refractivity contribution >= 4 is 0 Å². The van der Waals surface area contributed by atoms with Crippen LogP contribution in [0.15, 0.2) is 0 Å². The zero-order valence-electron chi connectivity index (χ0n) is 8.15. The zero-order valence-corrected chi connectivity index (χ0v) is 8.15. The van der Waals surface area contributed by atoms with Crippen LogP contribution in [-0.2, 0) is 0 Å². The second-order valence-corrected chi connectivity index (χ2v) is 4.43. The first-order valence-electron chi connectivity index (χ1n) is 4.45. The van der Waals surface area contributed by atoms with Gasteiger partial charge in [0.05, 0.1) is 0 Å². The SMILES string of the molecule is CN([C@H]1CCNC1)C(C)(C)C. The highest BCUT2D eigenvalue weighted by atomic mass is 15.2. The van der Waals surface area contributed by atoms with E-state index in [1.165, 1.54) is 13.0 Å². The molecule has 66 valence electrons. The third-order valence-corrected chi connectivity index (χ3v) is 2.64. The first kappa shape index (κ1) is 9.01. The molecule has 11 heavy (non-hydrogen) atoms. The Morgan fingerprint density at radius 3 is 2.36 bits per heavy atom. The van der Waals surface area contributed by atoms with Crippen molar-refractivity contribution in [3.8, 4) is 0 Å². The minimum atomic E-state index is 0.316. The topological polar surface area (TPSA) is 15.3 Å². The van der Waals surface area contributed by atoms with Gasteiger partial charge in [-0.15, -0.1) is 0 Å². The molecule has 0 aromatic carbocycles. The molecule has 0 amide bonds. The summed E-state index contributed by atoms with van der Waals surface area (Å²) in [6.07, 6.45) is 1.30. The Morgan fingerprint density at radius 1 is 1.36 bits per heavy atom. The van der Waals surface area contributed by atoms with Crippen molar-refractivity contribution in [3.05, 3.63) is 0 Å². The Bertz CT molecular complexity index is 120. The van der Waals surface area contributed by atoms with E-state index in [-0.39, 0.29) is 0 Å². The molecular formula is C9H20N2. The van der Waals surface area contributed by atoms with Crippen molar-refractivity contribution in [1.29, 1.82) is 0 Å². The molecule has 1 heterocycles. The van der Waals surface area contributed by atoms with Crippen molar-refractivity contribution in [3.63, 3.8) is 0 Å². The lowest BCUT2D eigenvalue weighted by Crippen LogP contribution is -2.46. The van der Waals surface area contributed by atoms with Crippen LogP contribution in [0.2, 0.25) is 0 Å². The minimum absolute atomic E-state index is 0.316. The van der Waals surface area contributed by atoms with Crippen molar-refractivity contribution in [2.75, 3.05) is 20.1 Å². The fourth-order valence-electron chi connectivity index (χ4n) is 1.52. The number of nitrogens with one attached hydrogen (secondary N) is 1. The van der Waals surface area contributed by atoms with Crippen LogP contribution in [-0.4, -0.2) is 36.6 Å². The molecule has 1 saturated heterocycles. The molecule has 0 saturated carbocycles. The summed E-state index contributed by atoms with van der Waals surface area (Å²) < 4.78 is 0. The molecule has 0 spiro atoms. The van der Waals surface area contributed by atoms with Gasteiger partial charge in [-0.1, -0.05) is 0 Å². The number of hydrogen-bond donors (Lipinski definition) is 1. The van der Waals surface area contributed by atoms with Gasteiger partial charge in [0.15, 0.2) is 0 Å². The van der Waals surface area contributed by atoms with Crippen molar-refractivity contribution < 1.29 is 0 Å². The quantitative estimate of drug-likeness (QED) is 0.611. The molecule has 0 radical (unpaired) electrons. The van der Waals surface area contributed by atoms with Crippen molar-refractivity contribution in [2.45, 2.75) is 38.8 Å². The van der Waals surface area contributed by atoms with Gasteiger partial charge in [0.25, 0.3) is 0 Å². The van der Waals surface area contributed by atoms with Gasteiger partial charge in [0, 0.05) is 18.1 Å². The summed E-state index contributed by atoms with van der Waals surface area (Å²) >= 11 is 0. The van der Waals surface area contributed by atoms with E-state index in [1.54, 1.807) is 0 Å². The second kappa shape index (κ2) is 3.11. The Labute approximate surface area is 70.0 Å². The predicted molar refractivity (Wildman–Crippen MR) is 48.8 cm³/mol. The van der Waals surface area contributed by atoms with E-state index in [4.69, 9.17) is 0 Å². The number of likely N-dealkylation sites (N-methyl/N-ethyl adjacent to an activating group) is 1. The van der Waals surface area contributed by atoms with Crippen LogP contribution in [0.1, 0.15) is 27.2 Å².